The van der Waals surface area contributed by atoms with E-state index in [0.717, 1.165) is 0 Å². The molecule has 0 amide bonds. The molecule has 7 nitrogen and oxygen atoms in total. The minimum absolute atomic E-state index is 0.0208. The van der Waals surface area contributed by atoms with Crippen molar-refractivity contribution < 1.29 is 24.9 Å². The van der Waals surface area contributed by atoms with E-state index >= 15 is 0 Å². The van der Waals surface area contributed by atoms with Crippen molar-refractivity contribution in [2.24, 2.45) is 17.4 Å². The van der Waals surface area contributed by atoms with Crippen molar-refractivity contribution >= 4 is 11.9 Å². The van der Waals surface area contributed by atoms with E-state index in [2.05, 4.69) is 0 Å². The number of carboxylic acid groups (broad SMARTS) is 2. The molecule has 0 aliphatic heterocycles. The van der Waals surface area contributed by atoms with Crippen molar-refractivity contribution in [1.82, 2.24) is 0 Å². The van der Waals surface area contributed by atoms with E-state index in [9.17, 15) is 9.59 Å². The number of carbonyl (C=O) groups is 2. The molecule has 0 radical (unpaired) electrons. The molecule has 0 aliphatic carbocycles. The number of hydrogen-bond acceptors (Lipinski definition) is 5. The van der Waals surface area contributed by atoms with Crippen LogP contribution in [-0.2, 0) is 9.59 Å². The Labute approximate surface area is 87.7 Å². The molecule has 0 aromatic heterocycles. The van der Waals surface area contributed by atoms with Crippen LogP contribution < -0.4 is 11.5 Å². The smallest absolute Gasteiger partial charge is 0.322 e. The van der Waals surface area contributed by atoms with Gasteiger partial charge in [-0.15, -0.1) is 0 Å². The summed E-state index contributed by atoms with van der Waals surface area (Å²) in [5, 5.41) is 24.1. The minimum Gasteiger partial charge on any atom is -0.480 e. The lowest BCUT2D eigenvalue weighted by Gasteiger charge is -2.07. The Bertz CT molecular complexity index is 207. The molecule has 0 fully saturated rings. The van der Waals surface area contributed by atoms with E-state index in [0.29, 0.717) is 0 Å². The van der Waals surface area contributed by atoms with E-state index < -0.39 is 30.6 Å². The van der Waals surface area contributed by atoms with Gasteiger partial charge in [-0.25, -0.2) is 0 Å². The van der Waals surface area contributed by atoms with Crippen LogP contribution in [0.5, 0.6) is 0 Å². The van der Waals surface area contributed by atoms with Crippen LogP contribution in [0.1, 0.15) is 13.8 Å². The molecule has 0 saturated heterocycles. The third kappa shape index (κ3) is 9.13. The highest BCUT2D eigenvalue weighted by atomic mass is 16.4. The van der Waals surface area contributed by atoms with Crippen LogP contribution in [0.15, 0.2) is 0 Å². The van der Waals surface area contributed by atoms with Gasteiger partial charge in [0.2, 0.25) is 0 Å². The van der Waals surface area contributed by atoms with Crippen molar-refractivity contribution in [3.8, 4) is 0 Å². The summed E-state index contributed by atoms with van der Waals surface area (Å²) in [6.45, 7) is 3.05. The Balaban J connectivity index is 0. The molecule has 0 saturated carbocycles. The summed E-state index contributed by atoms with van der Waals surface area (Å²) >= 11 is 0. The molecular weight excluding hydrogens is 204 g/mol. The van der Waals surface area contributed by atoms with Crippen LogP contribution in [-0.4, -0.2) is 45.9 Å². The van der Waals surface area contributed by atoms with Crippen LogP contribution in [0.4, 0.5) is 0 Å². The van der Waals surface area contributed by atoms with E-state index in [1.165, 1.54) is 0 Å². The first kappa shape index (κ1) is 16.3. The van der Waals surface area contributed by atoms with Crippen LogP contribution in [0, 0.1) is 5.92 Å². The first-order valence-electron chi connectivity index (χ1n) is 4.31. The first-order chi connectivity index (χ1) is 6.73. The van der Waals surface area contributed by atoms with Crippen LogP contribution in [0.25, 0.3) is 0 Å². The number of aliphatic hydroxyl groups excluding tert-OH is 1. The first-order valence-corrected chi connectivity index (χ1v) is 4.31. The quantitative estimate of drug-likeness (QED) is 0.386. The van der Waals surface area contributed by atoms with E-state index in [1.807, 2.05) is 0 Å². The summed E-state index contributed by atoms with van der Waals surface area (Å²) < 4.78 is 0. The monoisotopic (exact) mass is 222 g/mol. The molecule has 0 aromatic rings. The van der Waals surface area contributed by atoms with E-state index in [1.54, 1.807) is 13.8 Å². The molecule has 0 heterocycles. The maximum atomic E-state index is 10.0. The summed E-state index contributed by atoms with van der Waals surface area (Å²) in [6.07, 6.45) is 0. The lowest BCUT2D eigenvalue weighted by molar-refractivity contribution is -0.140. The molecule has 7 N–H and O–H groups in total. The molecule has 15 heavy (non-hydrogen) atoms. The van der Waals surface area contributed by atoms with E-state index in [4.69, 9.17) is 26.8 Å². The van der Waals surface area contributed by atoms with Gasteiger partial charge in [0.15, 0.2) is 0 Å². The maximum absolute atomic E-state index is 10.0. The third-order valence-corrected chi connectivity index (χ3v) is 1.52. The Hall–Kier alpha value is -1.18. The Morgan fingerprint density at radius 1 is 1.13 bits per heavy atom. The molecule has 2 atom stereocenters. The molecule has 0 rings (SSSR count). The van der Waals surface area contributed by atoms with Gasteiger partial charge in [0, 0.05) is 0 Å². The van der Waals surface area contributed by atoms with Crippen molar-refractivity contribution in [2.75, 3.05) is 6.61 Å². The number of nitrogens with two attached hydrogens (primary N) is 2. The zero-order chi connectivity index (χ0) is 12.6. The molecule has 0 aromatic carbocycles. The zero-order valence-corrected chi connectivity index (χ0v) is 8.75. The van der Waals surface area contributed by atoms with Gasteiger partial charge in [0.1, 0.15) is 12.1 Å². The summed E-state index contributed by atoms with van der Waals surface area (Å²) in [7, 11) is 0. The summed E-state index contributed by atoms with van der Waals surface area (Å²) in [5.74, 6) is -2.09. The highest BCUT2D eigenvalue weighted by molar-refractivity contribution is 5.73. The summed E-state index contributed by atoms with van der Waals surface area (Å²) in [5.41, 5.74) is 9.93. The van der Waals surface area contributed by atoms with Gasteiger partial charge in [-0.2, -0.15) is 0 Å². The van der Waals surface area contributed by atoms with Crippen LogP contribution >= 0.6 is 0 Å². The van der Waals surface area contributed by atoms with Crippen molar-refractivity contribution in [3.63, 3.8) is 0 Å². The highest BCUT2D eigenvalue weighted by Gasteiger charge is 2.14. The number of hydrogen-bond donors (Lipinski definition) is 5. The predicted molar refractivity (Wildman–Crippen MR) is 53.1 cm³/mol. The van der Waals surface area contributed by atoms with E-state index in [-0.39, 0.29) is 5.92 Å². The molecule has 7 heteroatoms. The Morgan fingerprint density at radius 2 is 1.53 bits per heavy atom. The average Bonchev–Trinajstić information content (AvgIpc) is 2.15. The lowest BCUT2D eigenvalue weighted by atomic mass is 10.1. The normalized spacial score (nSPS) is 13.7. The van der Waals surface area contributed by atoms with Gasteiger partial charge in [-0.3, -0.25) is 9.59 Å². The average molecular weight is 222 g/mol. The molecule has 0 spiro atoms. The largest absolute Gasteiger partial charge is 0.480 e. The van der Waals surface area contributed by atoms with Gasteiger partial charge in [-0.05, 0) is 5.92 Å². The van der Waals surface area contributed by atoms with Crippen molar-refractivity contribution in [1.29, 1.82) is 0 Å². The number of aliphatic hydroxyl groups is 1. The topological polar surface area (TPSA) is 147 Å². The third-order valence-electron chi connectivity index (χ3n) is 1.52. The SMILES string of the molecule is CC(C)[C@@H](N)C(=O)O.N[C@H](CO)C(=O)O. The Kier molecular flexibility index (Phi) is 8.84. The lowest BCUT2D eigenvalue weighted by Crippen LogP contribution is -2.34. The fourth-order valence-corrected chi connectivity index (χ4v) is 0.363. The van der Waals surface area contributed by atoms with Crippen molar-refractivity contribution in [3.05, 3.63) is 0 Å². The molecule has 0 bridgehead atoms. The standard InChI is InChI=1S/C5H11NO2.C3H7NO3/c1-3(2)4(6)5(7)8;4-2(1-5)3(6)7/h3-4H,6H2,1-2H3,(H,7,8);2,5H,1,4H2,(H,6,7)/t4-;2-/m11/s1. The number of rotatable bonds is 4. The van der Waals surface area contributed by atoms with Crippen LogP contribution in [0.3, 0.4) is 0 Å². The molecule has 90 valence electrons. The van der Waals surface area contributed by atoms with Gasteiger partial charge in [0.05, 0.1) is 6.61 Å². The Morgan fingerprint density at radius 3 is 1.53 bits per heavy atom. The predicted octanol–water partition coefficient (Wildman–Crippen LogP) is -1.56. The minimum atomic E-state index is -1.18. The second kappa shape index (κ2) is 8.16. The van der Waals surface area contributed by atoms with Crippen LogP contribution in [0.2, 0.25) is 0 Å². The van der Waals surface area contributed by atoms with Crippen molar-refractivity contribution in [2.45, 2.75) is 25.9 Å². The maximum Gasteiger partial charge on any atom is 0.322 e. The zero-order valence-electron chi connectivity index (χ0n) is 8.75. The highest BCUT2D eigenvalue weighted by Crippen LogP contribution is 1.96. The second-order valence-corrected chi connectivity index (χ2v) is 3.24. The fraction of sp³-hybridized carbons (Fsp3) is 0.750. The molecular formula is C8H18N2O5. The second-order valence-electron chi connectivity index (χ2n) is 3.24. The van der Waals surface area contributed by atoms with Gasteiger partial charge in [-0.1, -0.05) is 13.8 Å². The van der Waals surface area contributed by atoms with Gasteiger partial charge in [0.25, 0.3) is 0 Å². The fourth-order valence-electron chi connectivity index (χ4n) is 0.363. The van der Waals surface area contributed by atoms with Gasteiger partial charge >= 0.3 is 11.9 Å². The molecule has 0 unspecified atom stereocenters. The summed E-state index contributed by atoms with van der Waals surface area (Å²) in [4.78, 5) is 19.7. The van der Waals surface area contributed by atoms with Gasteiger partial charge < -0.3 is 26.8 Å². The number of aliphatic carboxylic acids is 2. The summed E-state index contributed by atoms with van der Waals surface area (Å²) in [6, 6.07) is -1.84. The number of carboxylic acids is 2. The molecule has 0 aliphatic rings.